The Kier molecular flexibility index (Phi) is 2.46. The van der Waals surface area contributed by atoms with Crippen molar-refractivity contribution in [3.8, 4) is 18.2 Å². The summed E-state index contributed by atoms with van der Waals surface area (Å²) in [7, 11) is 0. The van der Waals surface area contributed by atoms with E-state index in [1.54, 1.807) is 4.57 Å². The molecule has 18 heavy (non-hydrogen) atoms. The molecule has 1 aliphatic rings. The second-order valence-corrected chi connectivity index (χ2v) is 5.16. The van der Waals surface area contributed by atoms with Crippen LogP contribution in [0.3, 0.4) is 0 Å². The van der Waals surface area contributed by atoms with Crippen LogP contribution in [0.15, 0.2) is 5.57 Å². The van der Waals surface area contributed by atoms with Gasteiger partial charge in [0, 0.05) is 6.54 Å². The van der Waals surface area contributed by atoms with E-state index in [1.807, 2.05) is 32.9 Å². The highest BCUT2D eigenvalue weighted by Crippen LogP contribution is 2.38. The van der Waals surface area contributed by atoms with Gasteiger partial charge in [0.25, 0.3) is 0 Å². The van der Waals surface area contributed by atoms with E-state index in [-0.39, 0.29) is 16.8 Å². The second kappa shape index (κ2) is 3.72. The Morgan fingerprint density at radius 1 is 1.11 bits per heavy atom. The smallest absolute Gasteiger partial charge is 0.177 e. The third-order valence-electron chi connectivity index (χ3n) is 3.04. The monoisotopic (exact) mass is 237 g/mol. The van der Waals surface area contributed by atoms with E-state index in [2.05, 4.69) is 11.1 Å². The Hall–Kier alpha value is -2.58. The van der Waals surface area contributed by atoms with Gasteiger partial charge in [-0.05, 0) is 11.0 Å². The van der Waals surface area contributed by atoms with Gasteiger partial charge in [0.1, 0.15) is 18.2 Å². The zero-order valence-electron chi connectivity index (χ0n) is 10.4. The molecule has 0 unspecified atom stereocenters. The number of nitrogens with zero attached hydrogens (tertiary/aromatic N) is 5. The summed E-state index contributed by atoms with van der Waals surface area (Å²) in [6.07, 6.45) is 0. The molecule has 0 amide bonds. The summed E-state index contributed by atoms with van der Waals surface area (Å²) < 4.78 is 1.65. The van der Waals surface area contributed by atoms with Gasteiger partial charge < -0.3 is 4.57 Å². The average Bonchev–Trinajstić information content (AvgIpc) is 2.81. The third kappa shape index (κ3) is 1.48. The van der Waals surface area contributed by atoms with Gasteiger partial charge in [0.05, 0.1) is 5.57 Å². The normalized spacial score (nSPS) is 13.8. The van der Waals surface area contributed by atoms with E-state index in [4.69, 9.17) is 10.5 Å². The molecule has 2 heterocycles. The summed E-state index contributed by atoms with van der Waals surface area (Å²) >= 11 is 0. The molecule has 0 bridgehead atoms. The van der Waals surface area contributed by atoms with Crippen LogP contribution >= 0.6 is 0 Å². The van der Waals surface area contributed by atoms with Gasteiger partial charge in [0.15, 0.2) is 17.2 Å². The lowest BCUT2D eigenvalue weighted by Gasteiger charge is -2.20. The van der Waals surface area contributed by atoms with E-state index in [9.17, 15) is 5.26 Å². The van der Waals surface area contributed by atoms with Crippen LogP contribution in [0.25, 0.3) is 5.57 Å². The molecular weight excluding hydrogens is 226 g/mol. The van der Waals surface area contributed by atoms with Gasteiger partial charge in [-0.1, -0.05) is 20.8 Å². The quantitative estimate of drug-likeness (QED) is 0.689. The lowest BCUT2D eigenvalue weighted by atomic mass is 9.84. The van der Waals surface area contributed by atoms with Gasteiger partial charge in [-0.25, -0.2) is 4.98 Å². The SMILES string of the molecule is CC(C)(C)C1=C(C#N)c2nc(C#N)c(C#N)n2C1. The van der Waals surface area contributed by atoms with Gasteiger partial charge in [-0.3, -0.25) is 0 Å². The molecule has 2 rings (SSSR count). The molecule has 1 aliphatic heterocycles. The van der Waals surface area contributed by atoms with Crippen LogP contribution in [0.2, 0.25) is 0 Å². The largest absolute Gasteiger partial charge is 0.310 e. The lowest BCUT2D eigenvalue weighted by molar-refractivity contribution is 0.479. The highest BCUT2D eigenvalue weighted by molar-refractivity contribution is 5.80. The molecule has 1 aromatic rings. The molecule has 0 N–H and O–H groups in total. The number of hydrogen-bond donors (Lipinski definition) is 0. The number of nitriles is 3. The number of imidazole rings is 1. The maximum atomic E-state index is 9.27. The summed E-state index contributed by atoms with van der Waals surface area (Å²) in [5.74, 6) is 0.440. The molecule has 0 aliphatic carbocycles. The Bertz CT molecular complexity index is 677. The van der Waals surface area contributed by atoms with Crippen LogP contribution in [0.4, 0.5) is 0 Å². The van der Waals surface area contributed by atoms with E-state index in [0.29, 0.717) is 17.9 Å². The van der Waals surface area contributed by atoms with Crippen molar-refractivity contribution < 1.29 is 0 Å². The first-order valence-corrected chi connectivity index (χ1v) is 5.49. The van der Waals surface area contributed by atoms with E-state index >= 15 is 0 Å². The zero-order chi connectivity index (χ0) is 13.5. The molecule has 88 valence electrons. The van der Waals surface area contributed by atoms with Crippen molar-refractivity contribution >= 4 is 5.57 Å². The highest BCUT2D eigenvalue weighted by atomic mass is 15.1. The van der Waals surface area contributed by atoms with Gasteiger partial charge in [-0.15, -0.1) is 0 Å². The van der Waals surface area contributed by atoms with Crippen LogP contribution in [-0.2, 0) is 6.54 Å². The van der Waals surface area contributed by atoms with Crippen LogP contribution in [0.5, 0.6) is 0 Å². The van der Waals surface area contributed by atoms with Crippen LogP contribution in [0.1, 0.15) is 38.0 Å². The van der Waals surface area contributed by atoms with Crippen molar-refractivity contribution in [3.63, 3.8) is 0 Å². The van der Waals surface area contributed by atoms with Crippen molar-refractivity contribution in [2.24, 2.45) is 5.41 Å². The standard InChI is InChI=1S/C13H11N5/c1-13(2,3)9-7-18-11(6-16)10(5-15)17-12(18)8(9)4-14/h7H2,1-3H3. The molecule has 5 nitrogen and oxygen atoms in total. The van der Waals surface area contributed by atoms with Crippen LogP contribution < -0.4 is 0 Å². The molecule has 5 heteroatoms. The fourth-order valence-electron chi connectivity index (χ4n) is 2.09. The molecule has 0 saturated carbocycles. The topological polar surface area (TPSA) is 89.2 Å². The second-order valence-electron chi connectivity index (χ2n) is 5.16. The van der Waals surface area contributed by atoms with Crippen LogP contribution in [-0.4, -0.2) is 9.55 Å². The van der Waals surface area contributed by atoms with E-state index < -0.39 is 0 Å². The molecular formula is C13H11N5. The molecule has 0 aromatic carbocycles. The Balaban J connectivity index is 2.70. The van der Waals surface area contributed by atoms with E-state index in [0.717, 1.165) is 5.57 Å². The molecule has 1 aromatic heterocycles. The van der Waals surface area contributed by atoms with Crippen molar-refractivity contribution in [3.05, 3.63) is 22.8 Å². The number of hydrogen-bond acceptors (Lipinski definition) is 4. The maximum absolute atomic E-state index is 9.27. The number of fused-ring (bicyclic) bond motifs is 1. The summed E-state index contributed by atoms with van der Waals surface area (Å²) in [5.41, 5.74) is 1.60. The molecule has 0 spiro atoms. The number of rotatable bonds is 0. The van der Waals surface area contributed by atoms with E-state index in [1.165, 1.54) is 0 Å². The molecule has 0 fully saturated rings. The average molecular weight is 237 g/mol. The predicted molar refractivity (Wildman–Crippen MR) is 63.6 cm³/mol. The van der Waals surface area contributed by atoms with Gasteiger partial charge in [-0.2, -0.15) is 15.8 Å². The number of aromatic nitrogens is 2. The Morgan fingerprint density at radius 2 is 1.78 bits per heavy atom. The first kappa shape index (κ1) is 11.9. The maximum Gasteiger partial charge on any atom is 0.177 e. The Morgan fingerprint density at radius 3 is 2.22 bits per heavy atom. The summed E-state index contributed by atoms with van der Waals surface area (Å²) in [5, 5.41) is 27.3. The minimum atomic E-state index is -0.161. The van der Waals surface area contributed by atoms with Crippen molar-refractivity contribution in [1.82, 2.24) is 9.55 Å². The summed E-state index contributed by atoms with van der Waals surface area (Å²) in [4.78, 5) is 4.10. The summed E-state index contributed by atoms with van der Waals surface area (Å²) in [6, 6.07) is 6.02. The van der Waals surface area contributed by atoms with Gasteiger partial charge in [0.2, 0.25) is 0 Å². The minimum Gasteiger partial charge on any atom is -0.310 e. The zero-order valence-corrected chi connectivity index (χ0v) is 10.4. The lowest BCUT2D eigenvalue weighted by Crippen LogP contribution is -2.13. The van der Waals surface area contributed by atoms with Gasteiger partial charge >= 0.3 is 0 Å². The fourth-order valence-corrected chi connectivity index (χ4v) is 2.09. The van der Waals surface area contributed by atoms with Crippen molar-refractivity contribution in [1.29, 1.82) is 15.8 Å². The van der Waals surface area contributed by atoms with Crippen LogP contribution in [0, 0.1) is 39.4 Å². The first-order chi connectivity index (χ1) is 8.43. The Labute approximate surface area is 105 Å². The van der Waals surface area contributed by atoms with Crippen molar-refractivity contribution in [2.45, 2.75) is 27.3 Å². The van der Waals surface area contributed by atoms with Crippen molar-refractivity contribution in [2.75, 3.05) is 0 Å². The minimum absolute atomic E-state index is 0.0909. The predicted octanol–water partition coefficient (Wildman–Crippen LogP) is 1.96. The highest BCUT2D eigenvalue weighted by Gasteiger charge is 2.33. The number of allylic oxidation sites excluding steroid dienone is 2. The first-order valence-electron chi connectivity index (χ1n) is 5.49. The third-order valence-corrected chi connectivity index (χ3v) is 3.04. The molecule has 0 atom stereocenters. The fraction of sp³-hybridized carbons (Fsp3) is 0.385. The molecule has 0 saturated heterocycles. The molecule has 0 radical (unpaired) electrons. The summed E-state index contributed by atoms with van der Waals surface area (Å²) in [6.45, 7) is 6.51.